The molecule has 0 aliphatic carbocycles. The molecule has 0 saturated heterocycles. The quantitative estimate of drug-likeness (QED) is 0.634. The normalized spacial score (nSPS) is 10.8. The van der Waals surface area contributed by atoms with E-state index >= 15 is 0 Å². The molecule has 0 bridgehead atoms. The highest BCUT2D eigenvalue weighted by atomic mass is 16.3. The molecule has 0 saturated carbocycles. The Balaban J connectivity index is 2.56. The third-order valence-corrected chi connectivity index (χ3v) is 3.12. The van der Waals surface area contributed by atoms with E-state index in [1.807, 2.05) is 29.2 Å². The summed E-state index contributed by atoms with van der Waals surface area (Å²) in [6, 6.07) is 7.52. The van der Waals surface area contributed by atoms with E-state index in [0.717, 1.165) is 30.6 Å². The molecule has 0 radical (unpaired) electrons. The highest BCUT2D eigenvalue weighted by Crippen LogP contribution is 2.13. The molecule has 112 valence electrons. The van der Waals surface area contributed by atoms with Crippen LogP contribution in [0.2, 0.25) is 0 Å². The Hall–Kier alpha value is -1.43. The van der Waals surface area contributed by atoms with Crippen molar-refractivity contribution in [3.05, 3.63) is 29.8 Å². The van der Waals surface area contributed by atoms with Gasteiger partial charge in [-0.15, -0.1) is 0 Å². The molecule has 5 heteroatoms. The molecule has 0 aromatic heterocycles. The van der Waals surface area contributed by atoms with Gasteiger partial charge in [-0.25, -0.2) is 0 Å². The van der Waals surface area contributed by atoms with Crippen LogP contribution >= 0.6 is 0 Å². The molecule has 1 aromatic rings. The van der Waals surface area contributed by atoms with Gasteiger partial charge in [0.15, 0.2) is 0 Å². The lowest BCUT2D eigenvalue weighted by Gasteiger charge is -2.20. The number of benzene rings is 1. The summed E-state index contributed by atoms with van der Waals surface area (Å²) in [4.78, 5) is 14.0. The van der Waals surface area contributed by atoms with E-state index < -0.39 is 0 Å². The number of nitrogens with zero attached hydrogens (tertiary/aromatic N) is 1. The van der Waals surface area contributed by atoms with E-state index in [-0.39, 0.29) is 12.5 Å². The van der Waals surface area contributed by atoms with E-state index in [9.17, 15) is 4.79 Å². The van der Waals surface area contributed by atoms with Crippen molar-refractivity contribution in [2.24, 2.45) is 5.73 Å². The first kappa shape index (κ1) is 16.6. The van der Waals surface area contributed by atoms with Gasteiger partial charge in [0.05, 0.1) is 13.2 Å². The number of unbranched alkanes of at least 4 members (excludes halogenated alkanes) is 1. The fraction of sp³-hybridized carbons (Fsp3) is 0.533. The molecule has 0 heterocycles. The highest BCUT2D eigenvalue weighted by molar-refractivity contribution is 5.92. The van der Waals surface area contributed by atoms with Gasteiger partial charge in [0, 0.05) is 18.8 Å². The summed E-state index contributed by atoms with van der Waals surface area (Å²) in [5.74, 6) is -0.0737. The Bertz CT molecular complexity index is 410. The van der Waals surface area contributed by atoms with Crippen LogP contribution in [0.25, 0.3) is 0 Å². The van der Waals surface area contributed by atoms with Crippen molar-refractivity contribution in [1.29, 1.82) is 0 Å². The lowest BCUT2D eigenvalue weighted by Crippen LogP contribution is -2.36. The maximum atomic E-state index is 12.1. The van der Waals surface area contributed by atoms with Gasteiger partial charge in [-0.05, 0) is 24.6 Å². The van der Waals surface area contributed by atoms with Crippen LogP contribution in [0.15, 0.2) is 24.3 Å². The van der Waals surface area contributed by atoms with Crippen molar-refractivity contribution in [3.63, 3.8) is 0 Å². The summed E-state index contributed by atoms with van der Waals surface area (Å²) in [5, 5.41) is 11.9. The number of aliphatic hydroxyl groups excluding tert-OH is 1. The summed E-state index contributed by atoms with van der Waals surface area (Å²) < 4.78 is 0. The lowest BCUT2D eigenvalue weighted by atomic mass is 10.2. The summed E-state index contributed by atoms with van der Waals surface area (Å²) >= 11 is 0. The Morgan fingerprint density at radius 2 is 2.10 bits per heavy atom. The molecule has 1 amide bonds. The number of carbonyl (C=O) groups excluding carboxylic acids is 1. The zero-order valence-corrected chi connectivity index (χ0v) is 12.1. The number of para-hydroxylation sites is 1. The second kappa shape index (κ2) is 9.47. The van der Waals surface area contributed by atoms with Crippen LogP contribution in [0.1, 0.15) is 25.3 Å². The summed E-state index contributed by atoms with van der Waals surface area (Å²) in [6.07, 6.45) is 2.09. The standard InChI is InChI=1S/C15H25N3O2/c1-2-3-8-18(9-10-19)12-15(20)17-14-7-5-4-6-13(14)11-16/h4-7,19H,2-3,8-12,16H2,1H3,(H,17,20). The minimum atomic E-state index is -0.0737. The number of nitrogens with one attached hydrogen (secondary N) is 1. The molecular formula is C15H25N3O2. The number of hydrogen-bond donors (Lipinski definition) is 3. The van der Waals surface area contributed by atoms with Crippen molar-refractivity contribution in [2.45, 2.75) is 26.3 Å². The topological polar surface area (TPSA) is 78.6 Å². The van der Waals surface area contributed by atoms with Crippen molar-refractivity contribution < 1.29 is 9.90 Å². The molecule has 5 nitrogen and oxygen atoms in total. The minimum Gasteiger partial charge on any atom is -0.395 e. The fourth-order valence-electron chi connectivity index (χ4n) is 2.01. The van der Waals surface area contributed by atoms with E-state index in [2.05, 4.69) is 12.2 Å². The average molecular weight is 279 g/mol. The van der Waals surface area contributed by atoms with Gasteiger partial charge in [0.25, 0.3) is 0 Å². The zero-order valence-electron chi connectivity index (χ0n) is 12.1. The number of anilines is 1. The first-order valence-corrected chi connectivity index (χ1v) is 7.12. The molecule has 0 aliphatic rings. The fourth-order valence-corrected chi connectivity index (χ4v) is 2.01. The van der Waals surface area contributed by atoms with Gasteiger partial charge in [0.2, 0.25) is 5.91 Å². The van der Waals surface area contributed by atoms with Crippen molar-refractivity contribution in [3.8, 4) is 0 Å². The van der Waals surface area contributed by atoms with Gasteiger partial charge in [-0.2, -0.15) is 0 Å². The molecule has 20 heavy (non-hydrogen) atoms. The number of nitrogens with two attached hydrogens (primary N) is 1. The third kappa shape index (κ3) is 5.69. The first-order chi connectivity index (χ1) is 9.71. The number of amides is 1. The Kier molecular flexibility index (Phi) is 7.87. The molecule has 0 atom stereocenters. The largest absolute Gasteiger partial charge is 0.395 e. The van der Waals surface area contributed by atoms with Crippen LogP contribution in [0.3, 0.4) is 0 Å². The molecule has 0 unspecified atom stereocenters. The smallest absolute Gasteiger partial charge is 0.238 e. The van der Waals surface area contributed by atoms with Crippen LogP contribution in [-0.2, 0) is 11.3 Å². The monoisotopic (exact) mass is 279 g/mol. The van der Waals surface area contributed by atoms with E-state index in [0.29, 0.717) is 19.6 Å². The van der Waals surface area contributed by atoms with Crippen LogP contribution < -0.4 is 11.1 Å². The predicted molar refractivity (Wildman–Crippen MR) is 81.4 cm³/mol. The molecule has 1 aromatic carbocycles. The maximum Gasteiger partial charge on any atom is 0.238 e. The van der Waals surface area contributed by atoms with Gasteiger partial charge in [-0.3, -0.25) is 9.69 Å². The molecule has 0 aliphatic heterocycles. The molecular weight excluding hydrogens is 254 g/mol. The van der Waals surface area contributed by atoms with Gasteiger partial charge in [-0.1, -0.05) is 31.5 Å². The maximum absolute atomic E-state index is 12.1. The van der Waals surface area contributed by atoms with E-state index in [4.69, 9.17) is 10.8 Å². The second-order valence-corrected chi connectivity index (χ2v) is 4.76. The van der Waals surface area contributed by atoms with Crippen LogP contribution in [0, 0.1) is 0 Å². The second-order valence-electron chi connectivity index (χ2n) is 4.76. The Labute approximate surface area is 120 Å². The van der Waals surface area contributed by atoms with Gasteiger partial charge >= 0.3 is 0 Å². The first-order valence-electron chi connectivity index (χ1n) is 7.12. The third-order valence-electron chi connectivity index (χ3n) is 3.12. The van der Waals surface area contributed by atoms with Gasteiger partial charge in [0.1, 0.15) is 0 Å². The van der Waals surface area contributed by atoms with Gasteiger partial charge < -0.3 is 16.2 Å². The van der Waals surface area contributed by atoms with Crippen molar-refractivity contribution in [1.82, 2.24) is 4.90 Å². The number of carbonyl (C=O) groups is 1. The van der Waals surface area contributed by atoms with Crippen LogP contribution in [0.5, 0.6) is 0 Å². The Morgan fingerprint density at radius 1 is 1.35 bits per heavy atom. The predicted octanol–water partition coefficient (Wildman–Crippen LogP) is 1.18. The summed E-state index contributed by atoms with van der Waals surface area (Å²) in [7, 11) is 0. The van der Waals surface area contributed by atoms with E-state index in [1.165, 1.54) is 0 Å². The number of hydrogen-bond acceptors (Lipinski definition) is 4. The summed E-state index contributed by atoms with van der Waals surface area (Å²) in [6.45, 7) is 4.20. The lowest BCUT2D eigenvalue weighted by molar-refractivity contribution is -0.117. The number of aliphatic hydroxyl groups is 1. The Morgan fingerprint density at radius 3 is 2.75 bits per heavy atom. The number of rotatable bonds is 9. The molecule has 4 N–H and O–H groups in total. The van der Waals surface area contributed by atoms with Crippen molar-refractivity contribution in [2.75, 3.05) is 31.6 Å². The average Bonchev–Trinajstić information content (AvgIpc) is 2.45. The molecule has 1 rings (SSSR count). The van der Waals surface area contributed by atoms with Crippen LogP contribution in [0.4, 0.5) is 5.69 Å². The molecule has 0 fully saturated rings. The summed E-state index contributed by atoms with van der Waals surface area (Å²) in [5.41, 5.74) is 7.33. The van der Waals surface area contributed by atoms with E-state index in [1.54, 1.807) is 0 Å². The minimum absolute atomic E-state index is 0.0659. The SMILES string of the molecule is CCCCN(CCO)CC(=O)Nc1ccccc1CN. The highest BCUT2D eigenvalue weighted by Gasteiger charge is 2.11. The van der Waals surface area contributed by atoms with Crippen molar-refractivity contribution >= 4 is 11.6 Å². The zero-order chi connectivity index (χ0) is 14.8. The van der Waals surface area contributed by atoms with Crippen LogP contribution in [-0.4, -0.2) is 42.2 Å². The molecule has 0 spiro atoms.